The molecule has 2 N–H and O–H groups in total. The standard InChI is InChI=1S/C21H24N6O2/c1-27-19-16(18(26-27)20(28)22-11-12-29-2)10-6-7-14-13-23-21(25-17(14)19)24-15-8-4-3-5-9-15/h3-5,8-9,13H,6-7,10-12H2,1-2H3,(H,22,28)(H,23,24,25). The number of rotatable bonds is 6. The molecule has 4 rings (SSSR count). The van der Waals surface area contributed by atoms with E-state index >= 15 is 0 Å². The average Bonchev–Trinajstić information content (AvgIpc) is 2.94. The molecule has 0 bridgehead atoms. The maximum absolute atomic E-state index is 12.6. The minimum atomic E-state index is -0.181. The number of methoxy groups -OCH3 is 1. The number of anilines is 2. The highest BCUT2D eigenvalue weighted by Crippen LogP contribution is 2.33. The fourth-order valence-corrected chi connectivity index (χ4v) is 3.59. The molecule has 1 aliphatic rings. The summed E-state index contributed by atoms with van der Waals surface area (Å²) in [6.45, 7) is 0.913. The van der Waals surface area contributed by atoms with Crippen molar-refractivity contribution in [2.45, 2.75) is 19.3 Å². The molecule has 150 valence electrons. The first-order valence-electron chi connectivity index (χ1n) is 9.68. The highest BCUT2D eigenvalue weighted by molar-refractivity contribution is 5.95. The molecule has 0 unspecified atom stereocenters. The molecule has 0 aliphatic heterocycles. The molecule has 0 fully saturated rings. The van der Waals surface area contributed by atoms with Gasteiger partial charge in [-0.3, -0.25) is 9.48 Å². The third-order valence-corrected chi connectivity index (χ3v) is 4.94. The van der Waals surface area contributed by atoms with Crippen molar-refractivity contribution >= 4 is 17.5 Å². The zero-order chi connectivity index (χ0) is 20.2. The fourth-order valence-electron chi connectivity index (χ4n) is 3.59. The summed E-state index contributed by atoms with van der Waals surface area (Å²) in [5.74, 6) is 0.342. The van der Waals surface area contributed by atoms with Gasteiger partial charge in [-0.05, 0) is 37.0 Å². The van der Waals surface area contributed by atoms with Gasteiger partial charge in [0.05, 0.1) is 18.0 Å². The quantitative estimate of drug-likeness (QED) is 0.626. The van der Waals surface area contributed by atoms with Gasteiger partial charge in [0.15, 0.2) is 5.69 Å². The number of amides is 1. The van der Waals surface area contributed by atoms with E-state index in [0.717, 1.165) is 47.5 Å². The minimum absolute atomic E-state index is 0.181. The molecule has 29 heavy (non-hydrogen) atoms. The average molecular weight is 392 g/mol. The summed E-state index contributed by atoms with van der Waals surface area (Å²) in [7, 11) is 3.46. The molecule has 0 saturated heterocycles. The smallest absolute Gasteiger partial charge is 0.272 e. The number of para-hydroxylation sites is 1. The molecule has 3 aromatic rings. The van der Waals surface area contributed by atoms with E-state index in [2.05, 4.69) is 20.7 Å². The summed E-state index contributed by atoms with van der Waals surface area (Å²) in [6.07, 6.45) is 4.42. The van der Waals surface area contributed by atoms with E-state index in [1.54, 1.807) is 11.8 Å². The lowest BCUT2D eigenvalue weighted by Crippen LogP contribution is -2.28. The molecule has 2 heterocycles. The Morgan fingerprint density at radius 1 is 1.24 bits per heavy atom. The normalized spacial score (nSPS) is 12.6. The molecule has 2 aromatic heterocycles. The number of nitrogens with zero attached hydrogens (tertiary/aromatic N) is 4. The van der Waals surface area contributed by atoms with Crippen molar-refractivity contribution in [3.63, 3.8) is 0 Å². The van der Waals surface area contributed by atoms with Crippen LogP contribution in [0.1, 0.15) is 28.0 Å². The molecular weight excluding hydrogens is 368 g/mol. The molecule has 0 spiro atoms. The van der Waals surface area contributed by atoms with Crippen LogP contribution in [0.2, 0.25) is 0 Å². The summed E-state index contributed by atoms with van der Waals surface area (Å²) in [5, 5.41) is 10.6. The SMILES string of the molecule is COCCNC(=O)c1nn(C)c2c1CCCc1cnc(Nc3ccccc3)nc1-2. The van der Waals surface area contributed by atoms with Crippen LogP contribution in [0.25, 0.3) is 11.4 Å². The van der Waals surface area contributed by atoms with Crippen LogP contribution in [0.3, 0.4) is 0 Å². The first kappa shape index (κ1) is 19.1. The van der Waals surface area contributed by atoms with Crippen LogP contribution in [0.15, 0.2) is 36.5 Å². The Bertz CT molecular complexity index is 1020. The largest absolute Gasteiger partial charge is 0.383 e. The van der Waals surface area contributed by atoms with Crippen LogP contribution < -0.4 is 10.6 Å². The first-order chi connectivity index (χ1) is 14.2. The van der Waals surface area contributed by atoms with E-state index in [0.29, 0.717) is 24.8 Å². The highest BCUT2D eigenvalue weighted by atomic mass is 16.5. The second kappa shape index (κ2) is 8.40. The van der Waals surface area contributed by atoms with Crippen LogP contribution in [-0.4, -0.2) is 45.9 Å². The maximum Gasteiger partial charge on any atom is 0.272 e. The Balaban J connectivity index is 1.70. The van der Waals surface area contributed by atoms with Gasteiger partial charge in [-0.1, -0.05) is 18.2 Å². The number of benzene rings is 1. The van der Waals surface area contributed by atoms with Gasteiger partial charge < -0.3 is 15.4 Å². The second-order valence-electron chi connectivity index (χ2n) is 6.96. The van der Waals surface area contributed by atoms with Crippen LogP contribution in [-0.2, 0) is 24.6 Å². The Morgan fingerprint density at radius 2 is 2.07 bits per heavy atom. The van der Waals surface area contributed by atoms with Gasteiger partial charge in [-0.15, -0.1) is 0 Å². The predicted octanol–water partition coefficient (Wildman–Crippen LogP) is 2.49. The Kier molecular flexibility index (Phi) is 5.53. The Labute approximate surface area is 169 Å². The molecular formula is C21H24N6O2. The van der Waals surface area contributed by atoms with Crippen LogP contribution >= 0.6 is 0 Å². The molecule has 0 saturated carbocycles. The number of fused-ring (bicyclic) bond motifs is 3. The number of ether oxygens (including phenoxy) is 1. The van der Waals surface area contributed by atoms with Crippen molar-refractivity contribution in [2.75, 3.05) is 25.6 Å². The van der Waals surface area contributed by atoms with Gasteiger partial charge in [-0.25, -0.2) is 9.97 Å². The fraction of sp³-hybridized carbons (Fsp3) is 0.333. The monoisotopic (exact) mass is 392 g/mol. The minimum Gasteiger partial charge on any atom is -0.383 e. The molecule has 0 atom stereocenters. The third-order valence-electron chi connectivity index (χ3n) is 4.94. The zero-order valence-electron chi connectivity index (χ0n) is 16.6. The molecule has 1 aliphatic carbocycles. The lowest BCUT2D eigenvalue weighted by molar-refractivity contribution is 0.0930. The number of carbonyl (C=O) groups excluding carboxylic acids is 1. The van der Waals surface area contributed by atoms with E-state index in [9.17, 15) is 4.79 Å². The van der Waals surface area contributed by atoms with Gasteiger partial charge in [0.2, 0.25) is 5.95 Å². The number of aromatic nitrogens is 4. The van der Waals surface area contributed by atoms with Crippen LogP contribution in [0, 0.1) is 0 Å². The number of carbonyl (C=O) groups is 1. The first-order valence-corrected chi connectivity index (χ1v) is 9.68. The molecule has 0 radical (unpaired) electrons. The van der Waals surface area contributed by atoms with E-state index in [-0.39, 0.29) is 5.91 Å². The van der Waals surface area contributed by atoms with Crippen molar-refractivity contribution in [3.05, 3.63) is 53.3 Å². The van der Waals surface area contributed by atoms with Gasteiger partial charge >= 0.3 is 0 Å². The van der Waals surface area contributed by atoms with Crippen LogP contribution in [0.5, 0.6) is 0 Å². The summed E-state index contributed by atoms with van der Waals surface area (Å²) < 4.78 is 6.76. The highest BCUT2D eigenvalue weighted by Gasteiger charge is 2.27. The topological polar surface area (TPSA) is 94.0 Å². The summed E-state index contributed by atoms with van der Waals surface area (Å²) >= 11 is 0. The van der Waals surface area contributed by atoms with Crippen LogP contribution in [0.4, 0.5) is 11.6 Å². The number of aryl methyl sites for hydroxylation is 2. The third kappa shape index (κ3) is 3.97. The molecule has 1 aromatic carbocycles. The van der Waals surface area contributed by atoms with E-state index in [1.807, 2.05) is 43.6 Å². The van der Waals surface area contributed by atoms with E-state index in [4.69, 9.17) is 9.72 Å². The predicted molar refractivity (Wildman–Crippen MR) is 110 cm³/mol. The van der Waals surface area contributed by atoms with E-state index < -0.39 is 0 Å². The van der Waals surface area contributed by atoms with Crippen molar-refractivity contribution < 1.29 is 9.53 Å². The number of nitrogens with one attached hydrogen (secondary N) is 2. The lowest BCUT2D eigenvalue weighted by Gasteiger charge is -2.10. The molecule has 1 amide bonds. The Hall–Kier alpha value is -3.26. The van der Waals surface area contributed by atoms with E-state index in [1.165, 1.54) is 0 Å². The van der Waals surface area contributed by atoms with Gasteiger partial charge in [0.1, 0.15) is 0 Å². The van der Waals surface area contributed by atoms with Gasteiger partial charge in [0, 0.05) is 38.1 Å². The zero-order valence-corrected chi connectivity index (χ0v) is 16.6. The van der Waals surface area contributed by atoms with Gasteiger partial charge in [-0.2, -0.15) is 5.10 Å². The maximum atomic E-state index is 12.6. The number of hydrogen-bond acceptors (Lipinski definition) is 6. The lowest BCUT2D eigenvalue weighted by atomic mass is 10.1. The van der Waals surface area contributed by atoms with Crippen molar-refractivity contribution in [3.8, 4) is 11.4 Å². The molecule has 8 nitrogen and oxygen atoms in total. The number of hydrogen-bond donors (Lipinski definition) is 2. The summed E-state index contributed by atoms with van der Waals surface area (Å²) in [5.41, 5.74) is 5.10. The van der Waals surface area contributed by atoms with Crippen molar-refractivity contribution in [1.82, 2.24) is 25.1 Å². The summed E-state index contributed by atoms with van der Waals surface area (Å²) in [4.78, 5) is 21.9. The second-order valence-corrected chi connectivity index (χ2v) is 6.96. The van der Waals surface area contributed by atoms with Crippen molar-refractivity contribution in [2.24, 2.45) is 7.05 Å². The summed E-state index contributed by atoms with van der Waals surface area (Å²) in [6, 6.07) is 9.81. The Morgan fingerprint density at radius 3 is 2.86 bits per heavy atom. The molecule has 8 heteroatoms. The van der Waals surface area contributed by atoms with Gasteiger partial charge in [0.25, 0.3) is 5.91 Å². The van der Waals surface area contributed by atoms with Crippen molar-refractivity contribution in [1.29, 1.82) is 0 Å².